The van der Waals surface area contributed by atoms with E-state index in [1.165, 1.54) is 0 Å². The predicted molar refractivity (Wildman–Crippen MR) is 61.8 cm³/mol. The summed E-state index contributed by atoms with van der Waals surface area (Å²) in [4.78, 5) is 12.8. The summed E-state index contributed by atoms with van der Waals surface area (Å²) in [7, 11) is 0. The number of morpholine rings is 1. The number of hydrogen-bond donors (Lipinski definition) is 1. The van der Waals surface area contributed by atoms with Crippen molar-refractivity contribution in [2.24, 2.45) is 0 Å². The topological polar surface area (TPSA) is 77.5 Å². The normalized spacial score (nSPS) is 45.2. The molecule has 1 unspecified atom stereocenters. The van der Waals surface area contributed by atoms with Crippen LogP contribution >= 0.6 is 0 Å². The number of carbonyl (C=O) groups excluding carboxylic acids is 1. The van der Waals surface area contributed by atoms with Gasteiger partial charge in [-0.15, -0.1) is 0 Å². The minimum atomic E-state index is -0.968. The maximum Gasteiger partial charge on any atom is 0.210 e. The molecule has 3 aliphatic heterocycles. The van der Waals surface area contributed by atoms with Crippen LogP contribution in [0.25, 0.3) is 0 Å². The van der Waals surface area contributed by atoms with Crippen LogP contribution in [0.2, 0.25) is 0 Å². The van der Waals surface area contributed by atoms with Gasteiger partial charge in [0.05, 0.1) is 24.3 Å². The van der Waals surface area contributed by atoms with Crippen LogP contribution in [0.15, 0.2) is 0 Å². The molecule has 108 valence electrons. The number of aliphatic hydroxyl groups excluding tert-OH is 1. The second-order valence-electron chi connectivity index (χ2n) is 5.69. The van der Waals surface area contributed by atoms with Gasteiger partial charge < -0.3 is 29.0 Å². The first-order valence-corrected chi connectivity index (χ1v) is 6.47. The van der Waals surface area contributed by atoms with Gasteiger partial charge in [-0.1, -0.05) is 0 Å². The molecular weight excluding hydrogens is 254 g/mol. The summed E-state index contributed by atoms with van der Waals surface area (Å²) < 4.78 is 22.1. The average Bonchev–Trinajstić information content (AvgIpc) is 2.86. The highest BCUT2D eigenvalue weighted by Crippen LogP contribution is 2.37. The Morgan fingerprint density at radius 3 is 2.79 bits per heavy atom. The number of β-amino-alcohol motifs (C(OH)–C–C–N with tert-alkyl or cyclic N) is 1. The standard InChI is InChI=1S/C12H19NO6/c1-12(2)10(13(5-14)4-9(15)19-12)7-3-8-11(18-7)17-6-16-8/h5,7-11,15H,3-4,6H2,1-2H3/t7-,8+,9+,10?,11-/m1/s1. The van der Waals surface area contributed by atoms with Crippen molar-refractivity contribution in [1.29, 1.82) is 0 Å². The van der Waals surface area contributed by atoms with Crippen LogP contribution in [0.5, 0.6) is 0 Å². The Labute approximate surface area is 111 Å². The fourth-order valence-electron chi connectivity index (χ4n) is 3.27. The van der Waals surface area contributed by atoms with Crippen molar-refractivity contribution < 1.29 is 28.8 Å². The summed E-state index contributed by atoms with van der Waals surface area (Å²) in [6.07, 6.45) is -0.241. The Kier molecular flexibility index (Phi) is 3.26. The first-order chi connectivity index (χ1) is 9.01. The van der Waals surface area contributed by atoms with Crippen LogP contribution in [-0.2, 0) is 23.7 Å². The van der Waals surface area contributed by atoms with Crippen LogP contribution < -0.4 is 0 Å². The molecule has 7 heteroatoms. The van der Waals surface area contributed by atoms with Crippen molar-refractivity contribution in [3.05, 3.63) is 0 Å². The number of carbonyl (C=O) groups is 1. The highest BCUT2D eigenvalue weighted by atomic mass is 16.8. The summed E-state index contributed by atoms with van der Waals surface area (Å²) >= 11 is 0. The Morgan fingerprint density at radius 2 is 2.11 bits per heavy atom. The van der Waals surface area contributed by atoms with Crippen molar-refractivity contribution in [2.75, 3.05) is 13.3 Å². The Morgan fingerprint density at radius 1 is 1.32 bits per heavy atom. The van der Waals surface area contributed by atoms with Crippen molar-refractivity contribution in [3.8, 4) is 0 Å². The number of fused-ring (bicyclic) bond motifs is 1. The third kappa shape index (κ3) is 2.25. The molecule has 3 rings (SSSR count). The molecule has 3 fully saturated rings. The van der Waals surface area contributed by atoms with E-state index in [2.05, 4.69) is 0 Å². The van der Waals surface area contributed by atoms with Crippen LogP contribution in [0.4, 0.5) is 0 Å². The average molecular weight is 273 g/mol. The van der Waals surface area contributed by atoms with Crippen molar-refractivity contribution in [3.63, 3.8) is 0 Å². The molecule has 5 atom stereocenters. The third-order valence-corrected chi connectivity index (χ3v) is 3.96. The van der Waals surface area contributed by atoms with Gasteiger partial charge in [-0.2, -0.15) is 0 Å². The fourth-order valence-corrected chi connectivity index (χ4v) is 3.27. The molecule has 19 heavy (non-hydrogen) atoms. The lowest BCUT2D eigenvalue weighted by Gasteiger charge is -2.48. The number of ether oxygens (including phenoxy) is 4. The lowest BCUT2D eigenvalue weighted by Crippen LogP contribution is -2.63. The minimum Gasteiger partial charge on any atom is -0.366 e. The molecule has 0 radical (unpaired) electrons. The SMILES string of the molecule is CC1(C)O[C@H](O)CN(C=O)C1[C@H]1C[C@@H]2OCO[C@@H]2O1. The van der Waals surface area contributed by atoms with Crippen LogP contribution in [-0.4, -0.2) is 66.2 Å². The predicted octanol–water partition coefficient (Wildman–Crippen LogP) is -0.571. The van der Waals surface area contributed by atoms with Gasteiger partial charge in [-0.3, -0.25) is 4.79 Å². The molecule has 1 amide bonds. The molecule has 3 saturated heterocycles. The number of rotatable bonds is 2. The van der Waals surface area contributed by atoms with E-state index in [9.17, 15) is 9.90 Å². The second kappa shape index (κ2) is 4.68. The van der Waals surface area contributed by atoms with Crippen molar-refractivity contribution in [1.82, 2.24) is 4.90 Å². The molecule has 3 heterocycles. The first kappa shape index (κ1) is 13.3. The summed E-state index contributed by atoms with van der Waals surface area (Å²) in [5, 5.41) is 9.66. The van der Waals surface area contributed by atoms with Gasteiger partial charge in [0.1, 0.15) is 6.10 Å². The van der Waals surface area contributed by atoms with Gasteiger partial charge in [-0.05, 0) is 13.8 Å². The molecule has 0 saturated carbocycles. The van der Waals surface area contributed by atoms with E-state index in [4.69, 9.17) is 18.9 Å². The molecule has 7 nitrogen and oxygen atoms in total. The smallest absolute Gasteiger partial charge is 0.210 e. The van der Waals surface area contributed by atoms with E-state index in [0.717, 1.165) is 6.41 Å². The van der Waals surface area contributed by atoms with Crippen LogP contribution in [0.3, 0.4) is 0 Å². The fraction of sp³-hybridized carbons (Fsp3) is 0.917. The third-order valence-electron chi connectivity index (χ3n) is 3.96. The van der Waals surface area contributed by atoms with Gasteiger partial charge in [-0.25, -0.2) is 0 Å². The molecule has 3 aliphatic rings. The zero-order valence-electron chi connectivity index (χ0n) is 11.0. The van der Waals surface area contributed by atoms with Crippen molar-refractivity contribution in [2.45, 2.75) is 56.7 Å². The number of hydrogen-bond acceptors (Lipinski definition) is 6. The van der Waals surface area contributed by atoms with Gasteiger partial charge >= 0.3 is 0 Å². The molecule has 0 aliphatic carbocycles. The van der Waals surface area contributed by atoms with Gasteiger partial charge in [0.2, 0.25) is 6.41 Å². The monoisotopic (exact) mass is 273 g/mol. The Hall–Kier alpha value is -0.730. The quantitative estimate of drug-likeness (QED) is 0.679. The highest BCUT2D eigenvalue weighted by Gasteiger charge is 2.52. The zero-order chi connectivity index (χ0) is 13.6. The van der Waals surface area contributed by atoms with Crippen molar-refractivity contribution >= 4 is 6.41 Å². The van der Waals surface area contributed by atoms with E-state index in [-0.39, 0.29) is 37.9 Å². The van der Waals surface area contributed by atoms with E-state index in [1.807, 2.05) is 13.8 Å². The maximum atomic E-state index is 11.2. The largest absolute Gasteiger partial charge is 0.366 e. The molecule has 0 aromatic rings. The Bertz CT molecular complexity index is 350. The molecule has 1 N–H and O–H groups in total. The number of nitrogens with zero attached hydrogens (tertiary/aromatic N) is 1. The zero-order valence-corrected chi connectivity index (χ0v) is 11.0. The summed E-state index contributed by atoms with van der Waals surface area (Å²) in [5.41, 5.74) is -0.693. The van der Waals surface area contributed by atoms with E-state index in [0.29, 0.717) is 6.42 Å². The molecule has 0 aromatic carbocycles. The molecule has 0 spiro atoms. The maximum absolute atomic E-state index is 11.2. The van der Waals surface area contributed by atoms with Crippen LogP contribution in [0, 0.1) is 0 Å². The van der Waals surface area contributed by atoms with Gasteiger partial charge in [0.15, 0.2) is 19.4 Å². The second-order valence-corrected chi connectivity index (χ2v) is 5.69. The summed E-state index contributed by atoms with van der Waals surface area (Å²) in [6, 6.07) is -0.272. The number of aliphatic hydroxyl groups is 1. The molecular formula is C12H19NO6. The minimum absolute atomic E-state index is 0.0823. The lowest BCUT2D eigenvalue weighted by atomic mass is 9.89. The Balaban J connectivity index is 1.79. The van der Waals surface area contributed by atoms with Gasteiger partial charge in [0.25, 0.3) is 0 Å². The number of amides is 1. The van der Waals surface area contributed by atoms with Crippen LogP contribution in [0.1, 0.15) is 20.3 Å². The highest BCUT2D eigenvalue weighted by molar-refractivity contribution is 5.49. The molecule has 0 aromatic heterocycles. The molecule has 0 bridgehead atoms. The first-order valence-electron chi connectivity index (χ1n) is 6.47. The van der Waals surface area contributed by atoms with E-state index in [1.54, 1.807) is 4.90 Å². The van der Waals surface area contributed by atoms with E-state index < -0.39 is 11.9 Å². The summed E-state index contributed by atoms with van der Waals surface area (Å²) in [6.45, 7) is 4.09. The van der Waals surface area contributed by atoms with E-state index >= 15 is 0 Å². The van der Waals surface area contributed by atoms with Gasteiger partial charge in [0, 0.05) is 6.42 Å². The summed E-state index contributed by atoms with van der Waals surface area (Å²) in [5.74, 6) is 0. The lowest BCUT2D eigenvalue weighted by molar-refractivity contribution is -0.257.